The van der Waals surface area contributed by atoms with Gasteiger partial charge in [-0.15, -0.1) is 0 Å². The van der Waals surface area contributed by atoms with Crippen molar-refractivity contribution in [3.8, 4) is 11.5 Å². The molecule has 0 spiro atoms. The minimum Gasteiger partial charge on any atom is -0.493 e. The Morgan fingerprint density at radius 3 is 2.48 bits per heavy atom. The number of hydrogen-bond acceptors (Lipinski definition) is 7. The minimum atomic E-state index is -0.668. The van der Waals surface area contributed by atoms with Crippen molar-refractivity contribution in [2.75, 3.05) is 20.8 Å². The van der Waals surface area contributed by atoms with E-state index in [1.54, 1.807) is 44.8 Å². The number of aromatic nitrogens is 1. The summed E-state index contributed by atoms with van der Waals surface area (Å²) in [6, 6.07) is 4.68. The number of fused-ring (bicyclic) bond motifs is 1. The average Bonchev–Trinajstić information content (AvgIpc) is 3.02. The van der Waals surface area contributed by atoms with Crippen molar-refractivity contribution in [2.45, 2.75) is 33.7 Å². The van der Waals surface area contributed by atoms with Crippen molar-refractivity contribution in [1.82, 2.24) is 4.57 Å². The van der Waals surface area contributed by atoms with Gasteiger partial charge in [0.05, 0.1) is 42.7 Å². The standard InChI is InChI=1S/C21H24N2O5S/c1-7-28-20(25)16-12(4)22-21-23(19(24)18(29-21)11(2)3)17(16)13-8-9-14(26-5)15(10-13)27-6/h8-10,17H,7H2,1-6H3. The minimum absolute atomic E-state index is 0.178. The normalized spacial score (nSPS) is 15.4. The van der Waals surface area contributed by atoms with Crippen molar-refractivity contribution >= 4 is 22.9 Å². The van der Waals surface area contributed by atoms with Gasteiger partial charge < -0.3 is 14.2 Å². The second kappa shape index (κ2) is 8.24. The zero-order valence-electron chi connectivity index (χ0n) is 17.4. The van der Waals surface area contributed by atoms with Crippen LogP contribution in [0.4, 0.5) is 0 Å². The van der Waals surface area contributed by atoms with Gasteiger partial charge in [-0.2, -0.15) is 0 Å². The maximum atomic E-state index is 13.2. The van der Waals surface area contributed by atoms with Crippen LogP contribution in [0.25, 0.3) is 5.57 Å². The zero-order valence-corrected chi connectivity index (χ0v) is 18.2. The summed E-state index contributed by atoms with van der Waals surface area (Å²) < 4.78 is 18.2. The fourth-order valence-electron chi connectivity index (χ4n) is 3.34. The second-order valence-corrected chi connectivity index (χ2v) is 7.71. The number of rotatable bonds is 5. The Labute approximate surface area is 172 Å². The zero-order chi connectivity index (χ0) is 21.3. The van der Waals surface area contributed by atoms with Crippen molar-refractivity contribution < 1.29 is 19.0 Å². The predicted octanol–water partition coefficient (Wildman–Crippen LogP) is 2.18. The molecule has 0 saturated heterocycles. The van der Waals surface area contributed by atoms with E-state index in [0.29, 0.717) is 37.7 Å². The molecule has 2 aromatic rings. The fraction of sp³-hybridized carbons (Fsp3) is 0.381. The number of allylic oxidation sites excluding steroid dienone is 1. The molecule has 1 aliphatic heterocycles. The van der Waals surface area contributed by atoms with Crippen LogP contribution in [-0.2, 0) is 9.53 Å². The Bertz CT molecular complexity index is 1170. The molecular formula is C21H24N2O5S. The number of carbonyl (C=O) groups is 1. The highest BCUT2D eigenvalue weighted by atomic mass is 32.1. The summed E-state index contributed by atoms with van der Waals surface area (Å²) >= 11 is 1.32. The number of carbonyl (C=O) groups excluding carboxylic acids is 1. The molecule has 0 radical (unpaired) electrons. The number of esters is 1. The topological polar surface area (TPSA) is 79.1 Å². The third-order valence-corrected chi connectivity index (χ3v) is 5.93. The first-order valence-corrected chi connectivity index (χ1v) is 10.0. The van der Waals surface area contributed by atoms with E-state index in [-0.39, 0.29) is 12.2 Å². The van der Waals surface area contributed by atoms with Crippen molar-refractivity contribution in [3.63, 3.8) is 0 Å². The maximum Gasteiger partial charge on any atom is 0.338 e. The first kappa shape index (κ1) is 20.9. The molecule has 3 rings (SSSR count). The predicted molar refractivity (Wildman–Crippen MR) is 111 cm³/mol. The number of methoxy groups -OCH3 is 2. The first-order chi connectivity index (χ1) is 13.8. The van der Waals surface area contributed by atoms with Crippen LogP contribution in [0.2, 0.25) is 0 Å². The summed E-state index contributed by atoms with van der Waals surface area (Å²) in [6.07, 6.45) is 0. The van der Waals surface area contributed by atoms with E-state index in [1.807, 2.05) is 19.9 Å². The third kappa shape index (κ3) is 3.60. The Morgan fingerprint density at radius 1 is 1.21 bits per heavy atom. The maximum absolute atomic E-state index is 13.2. The van der Waals surface area contributed by atoms with E-state index in [4.69, 9.17) is 14.2 Å². The Morgan fingerprint density at radius 2 is 1.90 bits per heavy atom. The van der Waals surface area contributed by atoms with Gasteiger partial charge in [-0.3, -0.25) is 9.36 Å². The molecule has 7 nitrogen and oxygen atoms in total. The Balaban J connectivity index is 2.35. The molecule has 1 unspecified atom stereocenters. The fourth-order valence-corrected chi connectivity index (χ4v) is 4.38. The highest BCUT2D eigenvalue weighted by molar-refractivity contribution is 7.07. The van der Waals surface area contributed by atoms with Crippen molar-refractivity contribution in [1.29, 1.82) is 0 Å². The molecular weight excluding hydrogens is 392 g/mol. The van der Waals surface area contributed by atoms with Gasteiger partial charge in [-0.25, -0.2) is 9.79 Å². The van der Waals surface area contributed by atoms with E-state index in [9.17, 15) is 9.59 Å². The van der Waals surface area contributed by atoms with E-state index in [2.05, 4.69) is 4.99 Å². The van der Waals surface area contributed by atoms with E-state index in [0.717, 1.165) is 5.57 Å². The third-order valence-electron chi connectivity index (χ3n) is 4.67. The van der Waals surface area contributed by atoms with Crippen LogP contribution in [0.1, 0.15) is 39.3 Å². The van der Waals surface area contributed by atoms with Crippen LogP contribution in [0, 0.1) is 0 Å². The number of hydrogen-bond donors (Lipinski definition) is 0. The Kier molecular flexibility index (Phi) is 5.93. The molecule has 0 amide bonds. The molecule has 1 aromatic heterocycles. The molecule has 0 saturated carbocycles. The summed E-state index contributed by atoms with van der Waals surface area (Å²) in [4.78, 5) is 31.1. The molecule has 8 heteroatoms. The van der Waals surface area contributed by atoms with Crippen molar-refractivity contribution in [2.24, 2.45) is 4.99 Å². The van der Waals surface area contributed by atoms with Gasteiger partial charge in [0.25, 0.3) is 5.56 Å². The summed E-state index contributed by atoms with van der Waals surface area (Å²) in [5, 5.41) is 0. The van der Waals surface area contributed by atoms with Crippen LogP contribution in [0.5, 0.6) is 11.5 Å². The van der Waals surface area contributed by atoms with Gasteiger partial charge in [0.1, 0.15) is 0 Å². The molecule has 1 aliphatic rings. The average molecular weight is 416 g/mol. The van der Waals surface area contributed by atoms with E-state index >= 15 is 0 Å². The van der Waals surface area contributed by atoms with Crippen LogP contribution in [0.15, 0.2) is 39.3 Å². The van der Waals surface area contributed by atoms with Crippen LogP contribution >= 0.6 is 11.3 Å². The molecule has 0 aliphatic carbocycles. The van der Waals surface area contributed by atoms with Gasteiger partial charge >= 0.3 is 5.97 Å². The van der Waals surface area contributed by atoms with Crippen LogP contribution < -0.4 is 24.4 Å². The van der Waals surface area contributed by atoms with Crippen molar-refractivity contribution in [3.05, 3.63) is 54.7 Å². The lowest BCUT2D eigenvalue weighted by Crippen LogP contribution is -2.40. The molecule has 0 bridgehead atoms. The van der Waals surface area contributed by atoms with Crippen LogP contribution in [0.3, 0.4) is 0 Å². The monoisotopic (exact) mass is 416 g/mol. The highest BCUT2D eigenvalue weighted by Gasteiger charge is 2.33. The number of thiazole rings is 1. The summed E-state index contributed by atoms with van der Waals surface area (Å²) in [6.45, 7) is 7.51. The molecule has 0 fully saturated rings. The first-order valence-electron chi connectivity index (χ1n) is 9.21. The van der Waals surface area contributed by atoms with Gasteiger partial charge in [0, 0.05) is 0 Å². The molecule has 1 atom stereocenters. The molecule has 1 aromatic carbocycles. The second-order valence-electron chi connectivity index (χ2n) is 6.74. The summed E-state index contributed by atoms with van der Waals surface area (Å²) in [5.41, 5.74) is 2.30. The molecule has 154 valence electrons. The largest absolute Gasteiger partial charge is 0.493 e. The molecule has 0 N–H and O–H groups in total. The molecule has 2 heterocycles. The van der Waals surface area contributed by atoms with Gasteiger partial charge in [-0.1, -0.05) is 23.0 Å². The lowest BCUT2D eigenvalue weighted by Gasteiger charge is -2.25. The summed E-state index contributed by atoms with van der Waals surface area (Å²) in [5.74, 6) is 0.583. The van der Waals surface area contributed by atoms with E-state index in [1.165, 1.54) is 11.3 Å². The SMILES string of the molecule is CCOC(=O)C1=C(C)N=c2sc(=C(C)C)c(=O)n2C1c1ccc(OC)c(OC)c1. The van der Waals surface area contributed by atoms with Gasteiger partial charge in [-0.05, 0) is 45.4 Å². The summed E-state index contributed by atoms with van der Waals surface area (Å²) in [7, 11) is 3.10. The number of nitrogens with zero attached hydrogens (tertiary/aromatic N) is 2. The number of benzene rings is 1. The van der Waals surface area contributed by atoms with Crippen LogP contribution in [-0.4, -0.2) is 31.4 Å². The highest BCUT2D eigenvalue weighted by Crippen LogP contribution is 2.36. The van der Waals surface area contributed by atoms with E-state index < -0.39 is 12.0 Å². The Hall–Kier alpha value is -2.87. The smallest absolute Gasteiger partial charge is 0.338 e. The lowest BCUT2D eigenvalue weighted by atomic mass is 9.95. The quantitative estimate of drug-likeness (QED) is 0.698. The lowest BCUT2D eigenvalue weighted by molar-refractivity contribution is -0.139. The number of ether oxygens (including phenoxy) is 3. The molecule has 29 heavy (non-hydrogen) atoms. The van der Waals surface area contributed by atoms with Gasteiger partial charge in [0.15, 0.2) is 16.3 Å². The van der Waals surface area contributed by atoms with Gasteiger partial charge in [0.2, 0.25) is 0 Å².